The van der Waals surface area contributed by atoms with Gasteiger partial charge in [0.05, 0.1) is 28.1 Å². The highest BCUT2D eigenvalue weighted by Gasteiger charge is 2.29. The lowest BCUT2D eigenvalue weighted by molar-refractivity contribution is -0.382. The van der Waals surface area contributed by atoms with Gasteiger partial charge in [0.2, 0.25) is 5.91 Å². The van der Waals surface area contributed by atoms with E-state index in [2.05, 4.69) is 0 Å². The van der Waals surface area contributed by atoms with Gasteiger partial charge in [-0.2, -0.15) is 0 Å². The number of carbonyl (C=O) groups is 2. The van der Waals surface area contributed by atoms with Crippen molar-refractivity contribution >= 4 is 40.0 Å². The van der Waals surface area contributed by atoms with Crippen LogP contribution in [0.25, 0.3) is 0 Å². The summed E-state index contributed by atoms with van der Waals surface area (Å²) in [6, 6.07) is 1.65. The molecule has 1 amide bonds. The predicted octanol–water partition coefficient (Wildman–Crippen LogP) is 2.55. The second-order valence-corrected chi connectivity index (χ2v) is 6.98. The van der Waals surface area contributed by atoms with Gasteiger partial charge >= 0.3 is 11.0 Å². The first-order chi connectivity index (χ1) is 11.0. The molecular weight excluding hydrogens is 340 g/mol. The first-order valence-electron chi connectivity index (χ1n) is 7.32. The Morgan fingerprint density at radius 1 is 1.57 bits per heavy atom. The summed E-state index contributed by atoms with van der Waals surface area (Å²) in [5.74, 6) is -0.503. The molecule has 0 radical (unpaired) electrons. The molecule has 1 aliphatic rings. The largest absolute Gasteiger partial charge is 0.466 e. The molecule has 0 spiro atoms. The molecule has 7 nitrogen and oxygen atoms in total. The molecule has 1 aromatic heterocycles. The van der Waals surface area contributed by atoms with Gasteiger partial charge in [0, 0.05) is 13.1 Å². The Hall–Kier alpha value is -1.61. The van der Waals surface area contributed by atoms with Crippen LogP contribution in [0, 0.1) is 16.0 Å². The van der Waals surface area contributed by atoms with Crippen molar-refractivity contribution < 1.29 is 19.2 Å². The van der Waals surface area contributed by atoms with E-state index in [0.29, 0.717) is 24.6 Å². The van der Waals surface area contributed by atoms with Gasteiger partial charge < -0.3 is 9.64 Å². The van der Waals surface area contributed by atoms with Crippen LogP contribution in [0.5, 0.6) is 0 Å². The van der Waals surface area contributed by atoms with E-state index in [4.69, 9.17) is 4.74 Å². The van der Waals surface area contributed by atoms with Gasteiger partial charge in [-0.25, -0.2) is 0 Å². The van der Waals surface area contributed by atoms with Crippen LogP contribution in [-0.4, -0.2) is 47.1 Å². The normalized spacial score (nSPS) is 17.8. The number of nitro groups is 1. The van der Waals surface area contributed by atoms with Crippen LogP contribution in [0.1, 0.15) is 19.8 Å². The van der Waals surface area contributed by atoms with E-state index < -0.39 is 4.92 Å². The highest BCUT2D eigenvalue weighted by Crippen LogP contribution is 2.34. The van der Waals surface area contributed by atoms with E-state index in [1.807, 2.05) is 0 Å². The summed E-state index contributed by atoms with van der Waals surface area (Å²) in [6.07, 6.45) is 1.49. The monoisotopic (exact) mass is 358 g/mol. The molecule has 23 heavy (non-hydrogen) atoms. The maximum absolute atomic E-state index is 12.3. The minimum atomic E-state index is -0.435. The fourth-order valence-corrected chi connectivity index (χ4v) is 4.25. The Kier molecular flexibility index (Phi) is 6.40. The summed E-state index contributed by atoms with van der Waals surface area (Å²) in [5, 5.41) is 12.6. The molecule has 0 bridgehead atoms. The fraction of sp³-hybridized carbons (Fsp3) is 0.571. The number of amides is 1. The number of ether oxygens (including phenoxy) is 1. The molecule has 1 atom stereocenters. The second-order valence-electron chi connectivity index (χ2n) is 5.07. The number of likely N-dealkylation sites (tertiary alicyclic amines) is 1. The molecular formula is C14H18N2O5S2. The van der Waals surface area contributed by atoms with E-state index in [0.717, 1.165) is 24.2 Å². The van der Waals surface area contributed by atoms with Gasteiger partial charge in [-0.3, -0.25) is 19.7 Å². The second kappa shape index (κ2) is 8.30. The molecule has 1 fully saturated rings. The zero-order chi connectivity index (χ0) is 16.8. The summed E-state index contributed by atoms with van der Waals surface area (Å²) in [6.45, 7) is 3.07. The number of thiophene rings is 1. The van der Waals surface area contributed by atoms with Gasteiger partial charge in [0.1, 0.15) is 0 Å². The van der Waals surface area contributed by atoms with Gasteiger partial charge in [-0.15, -0.1) is 11.8 Å². The SMILES string of the molecule is CCOC(=O)[C@H]1CCCN(C(=O)CSc2ccsc2[N+](=O)[O-])C1. The van der Waals surface area contributed by atoms with E-state index in [1.54, 1.807) is 23.3 Å². The molecule has 0 aromatic carbocycles. The van der Waals surface area contributed by atoms with E-state index >= 15 is 0 Å². The Balaban J connectivity index is 1.89. The molecule has 0 N–H and O–H groups in total. The van der Waals surface area contributed by atoms with Crippen molar-refractivity contribution in [1.82, 2.24) is 4.90 Å². The lowest BCUT2D eigenvalue weighted by atomic mass is 9.98. The number of thioether (sulfide) groups is 1. The third kappa shape index (κ3) is 4.68. The van der Waals surface area contributed by atoms with Crippen molar-refractivity contribution in [3.63, 3.8) is 0 Å². The minimum absolute atomic E-state index is 0.0610. The zero-order valence-electron chi connectivity index (χ0n) is 12.7. The maximum atomic E-state index is 12.3. The Morgan fingerprint density at radius 2 is 2.35 bits per heavy atom. The van der Waals surface area contributed by atoms with Crippen molar-refractivity contribution in [2.75, 3.05) is 25.4 Å². The van der Waals surface area contributed by atoms with Crippen molar-refractivity contribution in [2.45, 2.75) is 24.7 Å². The van der Waals surface area contributed by atoms with Gasteiger partial charge in [0.15, 0.2) is 0 Å². The van der Waals surface area contributed by atoms with Crippen molar-refractivity contribution in [3.05, 3.63) is 21.6 Å². The molecule has 1 saturated heterocycles. The summed E-state index contributed by atoms with van der Waals surface area (Å²) >= 11 is 2.21. The van der Waals surface area contributed by atoms with Crippen LogP contribution in [0.3, 0.4) is 0 Å². The van der Waals surface area contributed by atoms with E-state index in [-0.39, 0.29) is 28.5 Å². The highest BCUT2D eigenvalue weighted by atomic mass is 32.2. The minimum Gasteiger partial charge on any atom is -0.466 e. The van der Waals surface area contributed by atoms with Crippen LogP contribution >= 0.6 is 23.1 Å². The van der Waals surface area contributed by atoms with Gasteiger partial charge in [0.25, 0.3) is 0 Å². The van der Waals surface area contributed by atoms with Crippen molar-refractivity contribution in [2.24, 2.45) is 5.92 Å². The average molecular weight is 358 g/mol. The number of hydrogen-bond acceptors (Lipinski definition) is 7. The van der Waals surface area contributed by atoms with Gasteiger partial charge in [-0.1, -0.05) is 11.3 Å². The average Bonchev–Trinajstić information content (AvgIpc) is 3.01. The van der Waals surface area contributed by atoms with Crippen LogP contribution in [0.2, 0.25) is 0 Å². The lowest BCUT2D eigenvalue weighted by Gasteiger charge is -2.31. The van der Waals surface area contributed by atoms with Crippen LogP contribution in [0.15, 0.2) is 16.3 Å². The number of hydrogen-bond donors (Lipinski definition) is 0. The zero-order valence-corrected chi connectivity index (χ0v) is 14.4. The standard InChI is InChI=1S/C14H18N2O5S2/c1-2-21-14(18)10-4-3-6-15(8-10)12(17)9-23-11-5-7-22-13(11)16(19)20/h5,7,10H,2-4,6,8-9H2,1H3/t10-/m0/s1. The molecule has 1 aliphatic heterocycles. The van der Waals surface area contributed by atoms with Crippen molar-refractivity contribution in [3.8, 4) is 0 Å². The lowest BCUT2D eigenvalue weighted by Crippen LogP contribution is -2.43. The number of rotatable bonds is 6. The topological polar surface area (TPSA) is 89.8 Å². The summed E-state index contributed by atoms with van der Waals surface area (Å²) in [7, 11) is 0. The highest BCUT2D eigenvalue weighted by molar-refractivity contribution is 8.00. The predicted molar refractivity (Wildman–Crippen MR) is 87.6 cm³/mol. The Labute approximate surface area is 142 Å². The number of nitrogens with zero attached hydrogens (tertiary/aromatic N) is 2. The molecule has 2 heterocycles. The van der Waals surface area contributed by atoms with Crippen LogP contribution in [0.4, 0.5) is 5.00 Å². The van der Waals surface area contributed by atoms with Gasteiger partial charge in [-0.05, 0) is 31.2 Å². The third-order valence-corrected chi connectivity index (χ3v) is 5.55. The first kappa shape index (κ1) is 17.7. The number of esters is 1. The molecule has 0 aliphatic carbocycles. The fourth-order valence-electron chi connectivity index (χ4n) is 2.42. The summed E-state index contributed by atoms with van der Waals surface area (Å²) in [5.41, 5.74) is 0. The third-order valence-electron chi connectivity index (χ3n) is 3.52. The molecule has 0 unspecified atom stereocenters. The van der Waals surface area contributed by atoms with E-state index in [1.165, 1.54) is 11.8 Å². The number of piperidine rings is 1. The van der Waals surface area contributed by atoms with E-state index in [9.17, 15) is 19.7 Å². The Bertz CT molecular complexity index is 589. The quantitative estimate of drug-likeness (QED) is 0.336. The molecule has 126 valence electrons. The maximum Gasteiger partial charge on any atom is 0.337 e. The molecule has 2 rings (SSSR count). The molecule has 0 saturated carbocycles. The summed E-state index contributed by atoms with van der Waals surface area (Å²) in [4.78, 5) is 36.7. The number of carbonyl (C=O) groups excluding carboxylic acids is 2. The van der Waals surface area contributed by atoms with Crippen LogP contribution in [-0.2, 0) is 14.3 Å². The Morgan fingerprint density at radius 3 is 3.04 bits per heavy atom. The van der Waals surface area contributed by atoms with Crippen molar-refractivity contribution in [1.29, 1.82) is 0 Å². The molecule has 9 heteroatoms. The molecule has 1 aromatic rings. The first-order valence-corrected chi connectivity index (χ1v) is 9.18. The van der Waals surface area contributed by atoms with Crippen LogP contribution < -0.4 is 0 Å². The smallest absolute Gasteiger partial charge is 0.337 e. The summed E-state index contributed by atoms with van der Waals surface area (Å²) < 4.78 is 5.01.